The third kappa shape index (κ3) is 6.36. The molecule has 0 saturated carbocycles. The lowest BCUT2D eigenvalue weighted by molar-refractivity contribution is 0.0600. The minimum absolute atomic E-state index is 0.294. The smallest absolute Gasteiger partial charge is 0.337 e. The Morgan fingerprint density at radius 1 is 1.11 bits per heavy atom. The molecular formula is C15H23NO3. The maximum atomic E-state index is 11.3. The molecule has 0 amide bonds. The van der Waals surface area contributed by atoms with Gasteiger partial charge in [-0.05, 0) is 43.5 Å². The van der Waals surface area contributed by atoms with E-state index in [-0.39, 0.29) is 5.97 Å². The molecule has 0 unspecified atom stereocenters. The van der Waals surface area contributed by atoms with Crippen LogP contribution in [0.2, 0.25) is 0 Å². The van der Waals surface area contributed by atoms with E-state index in [1.54, 1.807) is 19.2 Å². The highest BCUT2D eigenvalue weighted by Crippen LogP contribution is 2.05. The molecule has 0 aliphatic rings. The summed E-state index contributed by atoms with van der Waals surface area (Å²) in [5.74, 6) is -0.294. The van der Waals surface area contributed by atoms with Gasteiger partial charge in [-0.1, -0.05) is 12.1 Å². The van der Waals surface area contributed by atoms with E-state index in [0.29, 0.717) is 5.56 Å². The highest BCUT2D eigenvalue weighted by molar-refractivity contribution is 5.89. The van der Waals surface area contributed by atoms with Crippen LogP contribution >= 0.6 is 0 Å². The summed E-state index contributed by atoms with van der Waals surface area (Å²) in [6, 6.07) is 7.48. The van der Waals surface area contributed by atoms with Crippen molar-refractivity contribution in [3.8, 4) is 0 Å². The standard InChI is InChI=1S/C15H23NO3/c1-18-11-5-3-4-10-16-12-13-6-8-14(9-7-13)15(17)19-2/h6-9,16H,3-5,10-12H2,1-2H3. The Morgan fingerprint density at radius 2 is 1.84 bits per heavy atom. The van der Waals surface area contributed by atoms with Gasteiger partial charge in [0, 0.05) is 20.3 Å². The first-order valence-electron chi connectivity index (χ1n) is 6.65. The van der Waals surface area contributed by atoms with Crippen LogP contribution in [0.3, 0.4) is 0 Å². The monoisotopic (exact) mass is 265 g/mol. The number of ether oxygens (including phenoxy) is 2. The van der Waals surface area contributed by atoms with Crippen molar-refractivity contribution in [1.29, 1.82) is 0 Å². The van der Waals surface area contributed by atoms with Crippen LogP contribution < -0.4 is 5.32 Å². The number of benzene rings is 1. The van der Waals surface area contributed by atoms with E-state index in [9.17, 15) is 4.79 Å². The van der Waals surface area contributed by atoms with Gasteiger partial charge in [-0.3, -0.25) is 0 Å². The van der Waals surface area contributed by atoms with Crippen LogP contribution in [-0.4, -0.2) is 33.3 Å². The number of esters is 1. The molecule has 19 heavy (non-hydrogen) atoms. The Hall–Kier alpha value is -1.39. The second kappa shape index (κ2) is 9.53. The highest BCUT2D eigenvalue weighted by atomic mass is 16.5. The van der Waals surface area contributed by atoms with Gasteiger partial charge in [-0.15, -0.1) is 0 Å². The van der Waals surface area contributed by atoms with Crippen molar-refractivity contribution < 1.29 is 14.3 Å². The van der Waals surface area contributed by atoms with Crippen LogP contribution in [0.15, 0.2) is 24.3 Å². The molecule has 0 radical (unpaired) electrons. The third-order valence-electron chi connectivity index (χ3n) is 2.91. The van der Waals surface area contributed by atoms with Gasteiger partial charge in [0.05, 0.1) is 12.7 Å². The Labute approximate surface area is 115 Å². The topological polar surface area (TPSA) is 47.6 Å². The first kappa shape index (κ1) is 15.7. The summed E-state index contributed by atoms with van der Waals surface area (Å²) in [4.78, 5) is 11.3. The largest absolute Gasteiger partial charge is 0.465 e. The molecule has 0 saturated heterocycles. The molecule has 0 aromatic heterocycles. The fourth-order valence-electron chi connectivity index (χ4n) is 1.78. The number of carbonyl (C=O) groups is 1. The van der Waals surface area contributed by atoms with Gasteiger partial charge in [-0.2, -0.15) is 0 Å². The van der Waals surface area contributed by atoms with Crippen molar-refractivity contribution in [1.82, 2.24) is 5.32 Å². The van der Waals surface area contributed by atoms with E-state index in [0.717, 1.165) is 32.5 Å². The second-order valence-electron chi connectivity index (χ2n) is 4.42. The van der Waals surface area contributed by atoms with Gasteiger partial charge >= 0.3 is 5.97 Å². The molecule has 1 aromatic carbocycles. The predicted octanol–water partition coefficient (Wildman–Crippen LogP) is 2.38. The van der Waals surface area contributed by atoms with Crippen molar-refractivity contribution in [2.24, 2.45) is 0 Å². The van der Waals surface area contributed by atoms with Crippen LogP contribution in [0.5, 0.6) is 0 Å². The summed E-state index contributed by atoms with van der Waals surface area (Å²) in [5, 5.41) is 3.38. The van der Waals surface area contributed by atoms with Crippen molar-refractivity contribution in [2.45, 2.75) is 25.8 Å². The van der Waals surface area contributed by atoms with Gasteiger partial charge < -0.3 is 14.8 Å². The number of methoxy groups -OCH3 is 2. The molecule has 0 spiro atoms. The van der Waals surface area contributed by atoms with E-state index in [1.807, 2.05) is 12.1 Å². The molecule has 4 heteroatoms. The van der Waals surface area contributed by atoms with Crippen LogP contribution in [0.1, 0.15) is 35.2 Å². The molecule has 0 heterocycles. The summed E-state index contributed by atoms with van der Waals surface area (Å²) in [6.45, 7) is 2.67. The molecule has 0 bridgehead atoms. The Kier molecular flexibility index (Phi) is 7.86. The van der Waals surface area contributed by atoms with Crippen molar-refractivity contribution >= 4 is 5.97 Å². The van der Waals surface area contributed by atoms with Crippen molar-refractivity contribution in [2.75, 3.05) is 27.4 Å². The summed E-state index contributed by atoms with van der Waals surface area (Å²) in [7, 11) is 3.12. The maximum absolute atomic E-state index is 11.3. The number of unbranched alkanes of at least 4 members (excludes halogenated alkanes) is 2. The lowest BCUT2D eigenvalue weighted by atomic mass is 10.1. The zero-order chi connectivity index (χ0) is 13.9. The molecule has 1 N–H and O–H groups in total. The van der Waals surface area contributed by atoms with Crippen LogP contribution in [0, 0.1) is 0 Å². The molecule has 1 aromatic rings. The molecule has 0 aliphatic carbocycles. The lowest BCUT2D eigenvalue weighted by Crippen LogP contribution is -2.15. The average molecular weight is 265 g/mol. The second-order valence-corrected chi connectivity index (χ2v) is 4.42. The molecule has 1 rings (SSSR count). The maximum Gasteiger partial charge on any atom is 0.337 e. The quantitative estimate of drug-likeness (QED) is 0.550. The minimum Gasteiger partial charge on any atom is -0.465 e. The molecule has 106 valence electrons. The summed E-state index contributed by atoms with van der Waals surface area (Å²) < 4.78 is 9.66. The third-order valence-corrected chi connectivity index (χ3v) is 2.91. The van der Waals surface area contributed by atoms with Crippen molar-refractivity contribution in [3.05, 3.63) is 35.4 Å². The molecule has 0 aliphatic heterocycles. The first-order valence-corrected chi connectivity index (χ1v) is 6.65. The van der Waals surface area contributed by atoms with E-state index in [4.69, 9.17) is 4.74 Å². The van der Waals surface area contributed by atoms with E-state index in [1.165, 1.54) is 19.1 Å². The zero-order valence-corrected chi connectivity index (χ0v) is 11.8. The average Bonchev–Trinajstić information content (AvgIpc) is 2.46. The number of hydrogen-bond acceptors (Lipinski definition) is 4. The van der Waals surface area contributed by atoms with E-state index in [2.05, 4.69) is 10.1 Å². The van der Waals surface area contributed by atoms with Crippen LogP contribution in [0.4, 0.5) is 0 Å². The minimum atomic E-state index is -0.294. The SMILES string of the molecule is COCCCCCNCc1ccc(C(=O)OC)cc1. The Morgan fingerprint density at radius 3 is 2.47 bits per heavy atom. The van der Waals surface area contributed by atoms with Gasteiger partial charge in [-0.25, -0.2) is 4.79 Å². The summed E-state index contributed by atoms with van der Waals surface area (Å²) in [6.07, 6.45) is 3.46. The highest BCUT2D eigenvalue weighted by Gasteiger charge is 2.03. The first-order chi connectivity index (χ1) is 9.27. The fourth-order valence-corrected chi connectivity index (χ4v) is 1.78. The normalized spacial score (nSPS) is 10.4. The molecular weight excluding hydrogens is 242 g/mol. The molecule has 0 atom stereocenters. The molecule has 4 nitrogen and oxygen atoms in total. The van der Waals surface area contributed by atoms with Crippen molar-refractivity contribution in [3.63, 3.8) is 0 Å². The molecule has 0 fully saturated rings. The summed E-state index contributed by atoms with van der Waals surface area (Å²) >= 11 is 0. The summed E-state index contributed by atoms with van der Waals surface area (Å²) in [5.41, 5.74) is 1.76. The Bertz CT molecular complexity index is 362. The van der Waals surface area contributed by atoms with E-state index < -0.39 is 0 Å². The van der Waals surface area contributed by atoms with Crippen LogP contribution in [-0.2, 0) is 16.0 Å². The fraction of sp³-hybridized carbons (Fsp3) is 0.533. The van der Waals surface area contributed by atoms with Gasteiger partial charge in [0.2, 0.25) is 0 Å². The number of hydrogen-bond donors (Lipinski definition) is 1. The van der Waals surface area contributed by atoms with Gasteiger partial charge in [0.1, 0.15) is 0 Å². The van der Waals surface area contributed by atoms with E-state index >= 15 is 0 Å². The Balaban J connectivity index is 2.18. The number of nitrogens with one attached hydrogen (secondary N) is 1. The van der Waals surface area contributed by atoms with Crippen LogP contribution in [0.25, 0.3) is 0 Å². The van der Waals surface area contributed by atoms with Gasteiger partial charge in [0.25, 0.3) is 0 Å². The lowest BCUT2D eigenvalue weighted by Gasteiger charge is -2.06. The van der Waals surface area contributed by atoms with Gasteiger partial charge in [0.15, 0.2) is 0 Å². The zero-order valence-electron chi connectivity index (χ0n) is 11.8. The predicted molar refractivity (Wildman–Crippen MR) is 75.2 cm³/mol. The number of rotatable bonds is 9. The number of carbonyl (C=O) groups excluding carboxylic acids is 1.